The van der Waals surface area contributed by atoms with Crippen molar-refractivity contribution in [2.24, 2.45) is 5.92 Å². The molecule has 0 spiro atoms. The van der Waals surface area contributed by atoms with E-state index in [0.29, 0.717) is 5.92 Å². The fourth-order valence-electron chi connectivity index (χ4n) is 3.48. The fourth-order valence-corrected chi connectivity index (χ4v) is 3.48. The van der Waals surface area contributed by atoms with E-state index < -0.39 is 5.79 Å². The second-order valence-electron chi connectivity index (χ2n) is 6.71. The third kappa shape index (κ3) is 9.69. The second kappa shape index (κ2) is 15.4. The van der Waals surface area contributed by atoms with Crippen LogP contribution in [0.5, 0.6) is 0 Å². The molecule has 3 heteroatoms. The van der Waals surface area contributed by atoms with E-state index in [4.69, 9.17) is 14.2 Å². The van der Waals surface area contributed by atoms with Crippen molar-refractivity contribution in [2.75, 3.05) is 27.9 Å². The van der Waals surface area contributed by atoms with E-state index in [-0.39, 0.29) is 0 Å². The molecule has 0 heterocycles. The molecule has 0 fully saturated rings. The Balaban J connectivity index is 4.53. The summed E-state index contributed by atoms with van der Waals surface area (Å²) in [7, 11) is 5.40. The highest BCUT2D eigenvalue weighted by Crippen LogP contribution is 2.35. The van der Waals surface area contributed by atoms with Crippen molar-refractivity contribution in [2.45, 2.75) is 96.7 Å². The van der Waals surface area contributed by atoms with Crippen molar-refractivity contribution >= 4 is 0 Å². The molecule has 3 nitrogen and oxygen atoms in total. The molecule has 0 bridgehead atoms. The molecule has 0 amide bonds. The lowest BCUT2D eigenvalue weighted by Crippen LogP contribution is -2.42. The van der Waals surface area contributed by atoms with Crippen LogP contribution in [0.2, 0.25) is 0 Å². The summed E-state index contributed by atoms with van der Waals surface area (Å²) in [6.07, 6.45) is 14.7. The summed E-state index contributed by atoms with van der Waals surface area (Å²) in [5.41, 5.74) is 0. The zero-order valence-corrected chi connectivity index (χ0v) is 16.5. The van der Waals surface area contributed by atoms with Gasteiger partial charge in [0.15, 0.2) is 5.79 Å². The van der Waals surface area contributed by atoms with Crippen molar-refractivity contribution in [1.29, 1.82) is 0 Å². The molecule has 1 atom stereocenters. The summed E-state index contributed by atoms with van der Waals surface area (Å²) in [5.74, 6) is 0.0538. The van der Waals surface area contributed by atoms with E-state index in [1.165, 1.54) is 51.4 Å². The quantitative estimate of drug-likeness (QED) is 0.243. The largest absolute Gasteiger partial charge is 0.385 e. The molecule has 0 N–H and O–H groups in total. The van der Waals surface area contributed by atoms with Crippen LogP contribution in [0.1, 0.15) is 90.9 Å². The molecule has 0 aromatic carbocycles. The van der Waals surface area contributed by atoms with E-state index in [2.05, 4.69) is 13.8 Å². The van der Waals surface area contributed by atoms with E-state index in [9.17, 15) is 0 Å². The zero-order valence-electron chi connectivity index (χ0n) is 16.5. The SMILES string of the molecule is CCCCCCCCC(CCCOC)C(CCCC)(OC)OC. The van der Waals surface area contributed by atoms with Crippen LogP contribution < -0.4 is 0 Å². The van der Waals surface area contributed by atoms with Crippen LogP contribution in [0, 0.1) is 5.92 Å². The Morgan fingerprint density at radius 2 is 1.26 bits per heavy atom. The predicted molar refractivity (Wildman–Crippen MR) is 98.9 cm³/mol. The summed E-state index contributed by atoms with van der Waals surface area (Å²) < 4.78 is 17.1. The molecule has 0 rings (SSSR count). The first kappa shape index (κ1) is 22.9. The lowest BCUT2D eigenvalue weighted by molar-refractivity contribution is -0.247. The van der Waals surface area contributed by atoms with Crippen LogP contribution >= 0.6 is 0 Å². The molecule has 0 aliphatic rings. The van der Waals surface area contributed by atoms with Gasteiger partial charge in [-0.15, -0.1) is 0 Å². The van der Waals surface area contributed by atoms with Gasteiger partial charge in [-0.05, 0) is 25.7 Å². The molecule has 0 aromatic heterocycles. The third-order valence-electron chi connectivity index (χ3n) is 5.00. The minimum Gasteiger partial charge on any atom is -0.385 e. The molecule has 140 valence electrons. The fraction of sp³-hybridized carbons (Fsp3) is 1.00. The Kier molecular flexibility index (Phi) is 15.3. The third-order valence-corrected chi connectivity index (χ3v) is 5.00. The summed E-state index contributed by atoms with van der Waals surface area (Å²) in [5, 5.41) is 0. The standard InChI is InChI=1S/C20H42O3/c1-6-8-10-11-12-13-15-19(16-14-18-21-3)20(22-4,23-5)17-9-7-2/h19H,6-18H2,1-5H3. The molecular formula is C20H42O3. The van der Waals surface area contributed by atoms with Crippen LogP contribution in [0.3, 0.4) is 0 Å². The summed E-state index contributed by atoms with van der Waals surface area (Å²) >= 11 is 0. The second-order valence-corrected chi connectivity index (χ2v) is 6.71. The van der Waals surface area contributed by atoms with Gasteiger partial charge in [0.1, 0.15) is 0 Å². The number of ether oxygens (including phenoxy) is 3. The molecule has 0 saturated heterocycles. The van der Waals surface area contributed by atoms with Crippen molar-refractivity contribution in [3.8, 4) is 0 Å². The Bertz CT molecular complexity index is 239. The summed E-state index contributed by atoms with van der Waals surface area (Å²) in [6, 6.07) is 0. The van der Waals surface area contributed by atoms with Gasteiger partial charge in [-0.3, -0.25) is 0 Å². The Morgan fingerprint density at radius 3 is 1.83 bits per heavy atom. The van der Waals surface area contributed by atoms with Crippen LogP contribution in [0.25, 0.3) is 0 Å². The van der Waals surface area contributed by atoms with E-state index in [0.717, 1.165) is 32.3 Å². The molecule has 0 radical (unpaired) electrons. The van der Waals surface area contributed by atoms with Gasteiger partial charge in [0.2, 0.25) is 0 Å². The maximum Gasteiger partial charge on any atom is 0.170 e. The van der Waals surface area contributed by atoms with Crippen LogP contribution in [0.4, 0.5) is 0 Å². The topological polar surface area (TPSA) is 27.7 Å². The van der Waals surface area contributed by atoms with Gasteiger partial charge in [-0.25, -0.2) is 0 Å². The molecule has 0 aromatic rings. The number of hydrogen-bond acceptors (Lipinski definition) is 3. The number of unbranched alkanes of at least 4 members (excludes halogenated alkanes) is 6. The van der Waals surface area contributed by atoms with Gasteiger partial charge in [0.25, 0.3) is 0 Å². The normalized spacial score (nSPS) is 13.4. The molecule has 23 heavy (non-hydrogen) atoms. The smallest absolute Gasteiger partial charge is 0.170 e. The van der Waals surface area contributed by atoms with Crippen molar-refractivity contribution in [3.63, 3.8) is 0 Å². The Hall–Kier alpha value is -0.120. The van der Waals surface area contributed by atoms with Crippen molar-refractivity contribution < 1.29 is 14.2 Å². The van der Waals surface area contributed by atoms with E-state index in [1.807, 2.05) is 14.2 Å². The predicted octanol–water partition coefficient (Wildman–Crippen LogP) is 5.96. The summed E-state index contributed by atoms with van der Waals surface area (Å²) in [6.45, 7) is 5.32. The maximum absolute atomic E-state index is 5.91. The van der Waals surface area contributed by atoms with E-state index >= 15 is 0 Å². The average Bonchev–Trinajstić information content (AvgIpc) is 2.58. The van der Waals surface area contributed by atoms with Gasteiger partial charge < -0.3 is 14.2 Å². The number of rotatable bonds is 17. The molecule has 0 aliphatic heterocycles. The average molecular weight is 331 g/mol. The monoisotopic (exact) mass is 330 g/mol. The first-order valence-electron chi connectivity index (χ1n) is 9.79. The Morgan fingerprint density at radius 1 is 0.696 bits per heavy atom. The molecule has 0 aliphatic carbocycles. The lowest BCUT2D eigenvalue weighted by atomic mass is 9.85. The minimum absolute atomic E-state index is 0.410. The maximum atomic E-state index is 5.91. The van der Waals surface area contributed by atoms with Gasteiger partial charge in [0, 0.05) is 40.3 Å². The first-order chi connectivity index (χ1) is 11.2. The number of hydrogen-bond donors (Lipinski definition) is 0. The van der Waals surface area contributed by atoms with Gasteiger partial charge in [-0.2, -0.15) is 0 Å². The summed E-state index contributed by atoms with van der Waals surface area (Å²) in [4.78, 5) is 0. The first-order valence-corrected chi connectivity index (χ1v) is 9.79. The lowest BCUT2D eigenvalue weighted by Gasteiger charge is -2.39. The Labute approximate surface area is 145 Å². The van der Waals surface area contributed by atoms with Gasteiger partial charge in [-0.1, -0.05) is 58.8 Å². The van der Waals surface area contributed by atoms with Gasteiger partial charge >= 0.3 is 0 Å². The van der Waals surface area contributed by atoms with Crippen molar-refractivity contribution in [1.82, 2.24) is 0 Å². The highest BCUT2D eigenvalue weighted by Gasteiger charge is 2.37. The number of methoxy groups -OCH3 is 3. The van der Waals surface area contributed by atoms with Crippen LogP contribution in [-0.2, 0) is 14.2 Å². The highest BCUT2D eigenvalue weighted by atomic mass is 16.7. The van der Waals surface area contributed by atoms with E-state index in [1.54, 1.807) is 7.11 Å². The molecular weight excluding hydrogens is 288 g/mol. The molecule has 1 unspecified atom stereocenters. The highest BCUT2D eigenvalue weighted by molar-refractivity contribution is 4.80. The van der Waals surface area contributed by atoms with Gasteiger partial charge in [0.05, 0.1) is 0 Å². The molecule has 0 saturated carbocycles. The van der Waals surface area contributed by atoms with Crippen LogP contribution in [-0.4, -0.2) is 33.7 Å². The van der Waals surface area contributed by atoms with Crippen molar-refractivity contribution in [3.05, 3.63) is 0 Å². The minimum atomic E-state index is -0.410. The van der Waals surface area contributed by atoms with Crippen LogP contribution in [0.15, 0.2) is 0 Å². The zero-order chi connectivity index (χ0) is 17.4.